The molecule has 0 amide bonds. The molecule has 1 aromatic heterocycles. The minimum atomic E-state index is -0.683. The van der Waals surface area contributed by atoms with Crippen LogP contribution >= 0.6 is 46.1 Å². The molecular formula is C31H25Cl3N2O5S. The summed E-state index contributed by atoms with van der Waals surface area (Å²) in [6, 6.07) is 17.2. The third-order valence-corrected chi connectivity index (χ3v) is 8.42. The summed E-state index contributed by atoms with van der Waals surface area (Å²) in [4.78, 5) is 32.0. The maximum absolute atomic E-state index is 13.9. The van der Waals surface area contributed by atoms with Crippen molar-refractivity contribution in [3.8, 4) is 11.5 Å². The van der Waals surface area contributed by atoms with Crippen molar-refractivity contribution in [1.82, 2.24) is 4.57 Å². The lowest BCUT2D eigenvalue weighted by Crippen LogP contribution is -2.39. The Hall–Kier alpha value is -3.56. The first kappa shape index (κ1) is 29.9. The van der Waals surface area contributed by atoms with E-state index < -0.39 is 12.0 Å². The number of hydrogen-bond donors (Lipinski definition) is 0. The van der Waals surface area contributed by atoms with Crippen LogP contribution < -0.4 is 24.4 Å². The van der Waals surface area contributed by atoms with Crippen LogP contribution in [0.15, 0.2) is 81.7 Å². The molecule has 0 saturated heterocycles. The second-order valence-corrected chi connectivity index (χ2v) is 11.5. The molecular weight excluding hydrogens is 619 g/mol. The Labute approximate surface area is 260 Å². The summed E-state index contributed by atoms with van der Waals surface area (Å²) < 4.78 is 18.8. The van der Waals surface area contributed by atoms with Crippen molar-refractivity contribution < 1.29 is 19.0 Å². The van der Waals surface area contributed by atoms with Gasteiger partial charge in [-0.2, -0.15) is 0 Å². The van der Waals surface area contributed by atoms with Crippen molar-refractivity contribution in [1.29, 1.82) is 0 Å². The molecule has 1 aliphatic rings. The largest absolute Gasteiger partial charge is 0.493 e. The van der Waals surface area contributed by atoms with Crippen LogP contribution in [-0.2, 0) is 16.1 Å². The van der Waals surface area contributed by atoms with Crippen LogP contribution in [0.1, 0.15) is 36.6 Å². The maximum atomic E-state index is 13.9. The average molecular weight is 644 g/mol. The second-order valence-electron chi connectivity index (χ2n) is 9.27. The normalized spacial score (nSPS) is 14.8. The molecule has 7 nitrogen and oxygen atoms in total. The van der Waals surface area contributed by atoms with Crippen molar-refractivity contribution in [2.45, 2.75) is 26.5 Å². The Kier molecular flexibility index (Phi) is 9.08. The van der Waals surface area contributed by atoms with Gasteiger partial charge in [0.05, 0.1) is 40.6 Å². The molecule has 3 aromatic carbocycles. The van der Waals surface area contributed by atoms with Gasteiger partial charge in [0.25, 0.3) is 5.56 Å². The zero-order valence-electron chi connectivity index (χ0n) is 22.8. The van der Waals surface area contributed by atoms with Crippen LogP contribution in [0, 0.1) is 0 Å². The minimum absolute atomic E-state index is 0.145. The van der Waals surface area contributed by atoms with Crippen molar-refractivity contribution >= 4 is 58.2 Å². The van der Waals surface area contributed by atoms with Gasteiger partial charge in [0.1, 0.15) is 6.61 Å². The number of thiazole rings is 1. The summed E-state index contributed by atoms with van der Waals surface area (Å²) >= 11 is 20.1. The molecule has 2 heterocycles. The fourth-order valence-corrected chi connectivity index (χ4v) is 6.43. The average Bonchev–Trinajstić information content (AvgIpc) is 3.26. The highest BCUT2D eigenvalue weighted by molar-refractivity contribution is 7.07. The Bertz CT molecular complexity index is 1880. The van der Waals surface area contributed by atoms with Crippen LogP contribution in [-0.4, -0.2) is 24.3 Å². The van der Waals surface area contributed by atoms with E-state index in [-0.39, 0.29) is 18.8 Å². The number of nitrogens with zero attached hydrogens (tertiary/aromatic N) is 2. The van der Waals surface area contributed by atoms with Crippen molar-refractivity contribution in [3.05, 3.63) is 123 Å². The quantitative estimate of drug-likeness (QED) is 0.209. The van der Waals surface area contributed by atoms with E-state index in [1.54, 1.807) is 50.3 Å². The fraction of sp³-hybridized carbons (Fsp3) is 0.194. The first-order chi connectivity index (χ1) is 20.2. The lowest BCUT2D eigenvalue weighted by molar-refractivity contribution is -0.139. The van der Waals surface area contributed by atoms with Crippen molar-refractivity contribution in [2.75, 3.05) is 13.7 Å². The van der Waals surface area contributed by atoms with Crippen LogP contribution in [0.2, 0.25) is 15.1 Å². The second kappa shape index (κ2) is 12.8. The number of esters is 1. The highest BCUT2D eigenvalue weighted by Gasteiger charge is 2.33. The molecule has 0 fully saturated rings. The van der Waals surface area contributed by atoms with Gasteiger partial charge in [-0.3, -0.25) is 9.36 Å². The van der Waals surface area contributed by atoms with E-state index in [9.17, 15) is 9.59 Å². The first-order valence-electron chi connectivity index (χ1n) is 12.9. The van der Waals surface area contributed by atoms with Crippen LogP contribution in [0.25, 0.3) is 6.08 Å². The van der Waals surface area contributed by atoms with Gasteiger partial charge in [0.2, 0.25) is 0 Å². The summed E-state index contributed by atoms with van der Waals surface area (Å²) in [5.74, 6) is 0.214. The third-order valence-electron chi connectivity index (χ3n) is 6.57. The summed E-state index contributed by atoms with van der Waals surface area (Å²) in [6.07, 6.45) is 1.71. The molecule has 4 aromatic rings. The predicted molar refractivity (Wildman–Crippen MR) is 166 cm³/mol. The van der Waals surface area contributed by atoms with E-state index in [4.69, 9.17) is 49.0 Å². The maximum Gasteiger partial charge on any atom is 0.338 e. The Balaban J connectivity index is 1.56. The Morgan fingerprint density at radius 2 is 1.83 bits per heavy atom. The number of rotatable bonds is 8. The van der Waals surface area contributed by atoms with Gasteiger partial charge < -0.3 is 14.2 Å². The summed E-state index contributed by atoms with van der Waals surface area (Å²) in [6.45, 7) is 3.84. The van der Waals surface area contributed by atoms with E-state index >= 15 is 0 Å². The van der Waals surface area contributed by atoms with Gasteiger partial charge in [-0.25, -0.2) is 9.79 Å². The number of methoxy groups -OCH3 is 1. The third kappa shape index (κ3) is 5.99. The van der Waals surface area contributed by atoms with Gasteiger partial charge in [-0.15, -0.1) is 0 Å². The highest BCUT2D eigenvalue weighted by Crippen LogP contribution is 2.38. The van der Waals surface area contributed by atoms with E-state index in [0.717, 1.165) is 11.1 Å². The molecule has 5 rings (SSSR count). The van der Waals surface area contributed by atoms with E-state index in [0.29, 0.717) is 52.7 Å². The number of hydrogen-bond acceptors (Lipinski definition) is 7. The monoisotopic (exact) mass is 642 g/mol. The Morgan fingerprint density at radius 3 is 2.52 bits per heavy atom. The number of allylic oxidation sites excluding steroid dienone is 1. The van der Waals surface area contributed by atoms with Gasteiger partial charge in [0.15, 0.2) is 16.3 Å². The molecule has 0 N–H and O–H groups in total. The SMILES string of the molecule is CCOC(=O)C1=C(C)N=c2s/c(=C\c3cc(Cl)c(OCc4ccc(Cl)cc4Cl)c(OC)c3)c(=O)n2[C@@H]1c1ccccc1. The minimum Gasteiger partial charge on any atom is -0.493 e. The van der Waals surface area contributed by atoms with Gasteiger partial charge >= 0.3 is 5.97 Å². The molecule has 0 unspecified atom stereocenters. The number of carbonyl (C=O) groups is 1. The van der Waals surface area contributed by atoms with E-state index in [1.807, 2.05) is 30.3 Å². The van der Waals surface area contributed by atoms with E-state index in [1.165, 1.54) is 23.0 Å². The summed E-state index contributed by atoms with van der Waals surface area (Å²) in [5, 5.41) is 1.29. The zero-order valence-corrected chi connectivity index (χ0v) is 25.9. The lowest BCUT2D eigenvalue weighted by Gasteiger charge is -2.24. The molecule has 42 heavy (non-hydrogen) atoms. The molecule has 1 aliphatic heterocycles. The number of halogens is 3. The molecule has 216 valence electrons. The molecule has 0 saturated carbocycles. The smallest absolute Gasteiger partial charge is 0.338 e. The predicted octanol–water partition coefficient (Wildman–Crippen LogP) is 6.35. The Morgan fingerprint density at radius 1 is 1.07 bits per heavy atom. The van der Waals surface area contributed by atoms with Crippen LogP contribution in [0.5, 0.6) is 11.5 Å². The van der Waals surface area contributed by atoms with Crippen LogP contribution in [0.3, 0.4) is 0 Å². The standard InChI is InChI=1S/C31H25Cl3N2O5S/c1-4-40-30(38)26-17(2)35-31-36(27(26)19-8-6-5-7-9-19)29(37)25(42-31)14-18-12-23(34)28(24(13-18)39-3)41-16-20-10-11-21(32)15-22(20)33/h5-15,27H,4,16H2,1-3H3/b25-14-/t27-/m1/s1. The number of fused-ring (bicyclic) bond motifs is 1. The van der Waals surface area contributed by atoms with Crippen molar-refractivity contribution in [3.63, 3.8) is 0 Å². The van der Waals surface area contributed by atoms with Gasteiger partial charge in [-0.1, -0.05) is 82.5 Å². The van der Waals surface area contributed by atoms with Crippen molar-refractivity contribution in [2.24, 2.45) is 4.99 Å². The van der Waals surface area contributed by atoms with Crippen LogP contribution in [0.4, 0.5) is 0 Å². The first-order valence-corrected chi connectivity index (χ1v) is 14.9. The number of benzene rings is 3. The summed E-state index contributed by atoms with van der Waals surface area (Å²) in [5.41, 5.74) is 2.66. The molecule has 0 radical (unpaired) electrons. The molecule has 1 atom stereocenters. The number of carbonyl (C=O) groups excluding carboxylic acids is 1. The van der Waals surface area contributed by atoms with E-state index in [2.05, 4.69) is 4.99 Å². The van der Waals surface area contributed by atoms with Gasteiger partial charge in [0, 0.05) is 15.6 Å². The summed E-state index contributed by atoms with van der Waals surface area (Å²) in [7, 11) is 1.50. The fourth-order valence-electron chi connectivity index (χ4n) is 4.65. The molecule has 0 spiro atoms. The molecule has 0 bridgehead atoms. The number of aromatic nitrogens is 1. The topological polar surface area (TPSA) is 79.1 Å². The lowest BCUT2D eigenvalue weighted by atomic mass is 9.96. The molecule has 11 heteroatoms. The highest BCUT2D eigenvalue weighted by atomic mass is 35.5. The van der Waals surface area contributed by atoms with Gasteiger partial charge in [-0.05, 0) is 55.3 Å². The zero-order chi connectivity index (χ0) is 30.0. The number of ether oxygens (including phenoxy) is 3. The molecule has 0 aliphatic carbocycles.